The number of benzene rings is 2. The number of halogens is 3. The number of piperidine rings is 1. The van der Waals surface area contributed by atoms with Gasteiger partial charge in [0.05, 0.1) is 0 Å². The van der Waals surface area contributed by atoms with Crippen molar-refractivity contribution in [3.63, 3.8) is 0 Å². The predicted octanol–water partition coefficient (Wildman–Crippen LogP) is 4.85. The van der Waals surface area contributed by atoms with Crippen LogP contribution in [0.15, 0.2) is 48.5 Å². The lowest BCUT2D eigenvalue weighted by molar-refractivity contribution is -0.274. The van der Waals surface area contributed by atoms with Crippen molar-refractivity contribution in [2.75, 3.05) is 6.54 Å². The third kappa shape index (κ3) is 3.83. The van der Waals surface area contributed by atoms with Gasteiger partial charge in [-0.2, -0.15) is 0 Å². The molecule has 4 nitrogen and oxygen atoms in total. The van der Waals surface area contributed by atoms with E-state index in [-0.39, 0.29) is 35.7 Å². The zero-order valence-electron chi connectivity index (χ0n) is 15.7. The highest BCUT2D eigenvalue weighted by Crippen LogP contribution is 2.56. The Bertz CT molecular complexity index is 900. The molecule has 2 aliphatic rings. The van der Waals surface area contributed by atoms with Crippen LogP contribution in [0.3, 0.4) is 0 Å². The number of nitrogens with one attached hydrogen (secondary N) is 1. The average molecular weight is 405 g/mol. The normalized spacial score (nSPS) is 27.3. The molecule has 2 aromatic carbocycles. The molecular formula is C22H22F3NO3. The second-order valence-corrected chi connectivity index (χ2v) is 7.85. The van der Waals surface area contributed by atoms with Crippen LogP contribution >= 0.6 is 0 Å². The molecule has 2 aromatic rings. The minimum absolute atomic E-state index is 0.0881. The van der Waals surface area contributed by atoms with E-state index >= 15 is 0 Å². The Morgan fingerprint density at radius 3 is 2.62 bits per heavy atom. The molecular weight excluding hydrogens is 383 g/mol. The Morgan fingerprint density at radius 2 is 1.90 bits per heavy atom. The molecule has 1 saturated heterocycles. The fourth-order valence-electron chi connectivity index (χ4n) is 4.92. The molecule has 0 aromatic heterocycles. The number of phenols is 1. The van der Waals surface area contributed by atoms with Gasteiger partial charge in [-0.05, 0) is 55.5 Å². The maximum Gasteiger partial charge on any atom is 0.573 e. The van der Waals surface area contributed by atoms with Crippen LogP contribution < -0.4 is 10.1 Å². The zero-order valence-corrected chi connectivity index (χ0v) is 15.7. The number of aromatic hydroxyl groups is 1. The third-order valence-corrected chi connectivity index (χ3v) is 6.10. The quantitative estimate of drug-likeness (QED) is 0.767. The van der Waals surface area contributed by atoms with Crippen LogP contribution in [0.1, 0.15) is 48.8 Å². The van der Waals surface area contributed by atoms with Crippen LogP contribution in [-0.2, 0) is 4.79 Å². The van der Waals surface area contributed by atoms with Gasteiger partial charge in [0.2, 0.25) is 0 Å². The number of Topliss-reactive ketones (excluding diaryl/α,β-unsaturated/α-hetero) is 1. The van der Waals surface area contributed by atoms with Gasteiger partial charge in [0.25, 0.3) is 0 Å². The summed E-state index contributed by atoms with van der Waals surface area (Å²) in [6.07, 6.45) is -2.58. The zero-order chi connectivity index (χ0) is 20.6. The minimum atomic E-state index is -4.81. The number of phenolic OH excluding ortho intramolecular Hbond substituents is 1. The van der Waals surface area contributed by atoms with Gasteiger partial charge in [-0.25, -0.2) is 0 Å². The van der Waals surface area contributed by atoms with Crippen molar-refractivity contribution in [2.45, 2.75) is 44.0 Å². The molecule has 2 N–H and O–H groups in total. The fraction of sp³-hybridized carbons (Fsp3) is 0.409. The highest BCUT2D eigenvalue weighted by molar-refractivity contribution is 5.89. The number of rotatable bonds is 3. The van der Waals surface area contributed by atoms with Crippen molar-refractivity contribution in [3.8, 4) is 11.5 Å². The average Bonchev–Trinajstić information content (AvgIpc) is 3.00. The molecule has 154 valence electrons. The highest BCUT2D eigenvalue weighted by Gasteiger charge is 2.53. The lowest BCUT2D eigenvalue weighted by Crippen LogP contribution is -2.45. The fourth-order valence-corrected chi connectivity index (χ4v) is 4.92. The topological polar surface area (TPSA) is 58.6 Å². The summed E-state index contributed by atoms with van der Waals surface area (Å²) in [5.74, 6) is -0.773. The number of carbonyl (C=O) groups excluding carboxylic acids is 1. The molecule has 0 amide bonds. The van der Waals surface area contributed by atoms with Gasteiger partial charge in [0, 0.05) is 23.4 Å². The third-order valence-electron chi connectivity index (χ3n) is 6.10. The molecule has 0 bridgehead atoms. The maximum atomic E-state index is 13.2. The van der Waals surface area contributed by atoms with E-state index < -0.39 is 11.8 Å². The van der Waals surface area contributed by atoms with Gasteiger partial charge in [-0.1, -0.05) is 30.3 Å². The molecule has 3 atom stereocenters. The molecule has 3 unspecified atom stereocenters. The molecule has 4 rings (SSSR count). The predicted molar refractivity (Wildman–Crippen MR) is 101 cm³/mol. The molecule has 2 fully saturated rings. The van der Waals surface area contributed by atoms with Crippen molar-refractivity contribution in [2.24, 2.45) is 5.41 Å². The van der Waals surface area contributed by atoms with E-state index in [1.807, 2.05) is 30.3 Å². The van der Waals surface area contributed by atoms with Gasteiger partial charge < -0.3 is 15.2 Å². The summed E-state index contributed by atoms with van der Waals surface area (Å²) in [7, 11) is 0. The van der Waals surface area contributed by atoms with E-state index in [0.29, 0.717) is 18.4 Å². The van der Waals surface area contributed by atoms with Crippen molar-refractivity contribution in [1.82, 2.24) is 5.32 Å². The van der Waals surface area contributed by atoms with Crippen molar-refractivity contribution in [1.29, 1.82) is 0 Å². The molecule has 1 spiro atoms. The summed E-state index contributed by atoms with van der Waals surface area (Å²) in [4.78, 5) is 13.2. The largest absolute Gasteiger partial charge is 0.573 e. The van der Waals surface area contributed by atoms with E-state index in [4.69, 9.17) is 0 Å². The van der Waals surface area contributed by atoms with E-state index in [2.05, 4.69) is 10.1 Å². The molecule has 1 aliphatic heterocycles. The second kappa shape index (κ2) is 7.37. The second-order valence-electron chi connectivity index (χ2n) is 7.85. The molecule has 1 heterocycles. The SMILES string of the molecule is O=C1CC(c2cc(OC(F)(F)F)ccc2O)CC12CCCNC2c1ccccc1. The van der Waals surface area contributed by atoms with Gasteiger partial charge in [-0.15, -0.1) is 13.2 Å². The minimum Gasteiger partial charge on any atom is -0.508 e. The first-order valence-corrected chi connectivity index (χ1v) is 9.69. The number of alkyl halides is 3. The van der Waals surface area contributed by atoms with Gasteiger partial charge in [0.1, 0.15) is 17.3 Å². The molecule has 7 heteroatoms. The smallest absolute Gasteiger partial charge is 0.508 e. The van der Waals surface area contributed by atoms with Crippen LogP contribution in [-0.4, -0.2) is 23.8 Å². The summed E-state index contributed by atoms with van der Waals surface area (Å²) in [5.41, 5.74) is 0.728. The Labute approximate surface area is 166 Å². The monoisotopic (exact) mass is 405 g/mol. The summed E-state index contributed by atoms with van der Waals surface area (Å²) in [6, 6.07) is 13.1. The first-order valence-electron chi connectivity index (χ1n) is 9.69. The number of hydrogen-bond donors (Lipinski definition) is 2. The first-order chi connectivity index (χ1) is 13.8. The molecule has 0 radical (unpaired) electrons. The lowest BCUT2D eigenvalue weighted by Gasteiger charge is -2.41. The van der Waals surface area contributed by atoms with Gasteiger partial charge >= 0.3 is 6.36 Å². The van der Waals surface area contributed by atoms with Gasteiger partial charge in [0.15, 0.2) is 0 Å². The van der Waals surface area contributed by atoms with Crippen LogP contribution in [0, 0.1) is 5.41 Å². The molecule has 1 saturated carbocycles. The van der Waals surface area contributed by atoms with E-state index in [1.165, 1.54) is 12.1 Å². The maximum absolute atomic E-state index is 13.2. The van der Waals surface area contributed by atoms with E-state index in [9.17, 15) is 23.1 Å². The van der Waals surface area contributed by atoms with Crippen molar-refractivity contribution < 1.29 is 27.8 Å². The summed E-state index contributed by atoms with van der Waals surface area (Å²) in [6.45, 7) is 0.805. The van der Waals surface area contributed by atoms with E-state index in [0.717, 1.165) is 24.6 Å². The number of ketones is 1. The summed E-state index contributed by atoms with van der Waals surface area (Å²) in [5, 5.41) is 13.8. The van der Waals surface area contributed by atoms with Crippen molar-refractivity contribution in [3.05, 3.63) is 59.7 Å². The summed E-state index contributed by atoms with van der Waals surface area (Å²) >= 11 is 0. The number of hydrogen-bond acceptors (Lipinski definition) is 4. The van der Waals surface area contributed by atoms with E-state index in [1.54, 1.807) is 0 Å². The standard InChI is InChI=1S/C22H22F3NO3/c23-22(24,25)29-16-7-8-18(27)17(12-16)15-11-19(28)21(13-15)9-4-10-26-20(21)14-5-2-1-3-6-14/h1-3,5-8,12,15,20,26-27H,4,9-11,13H2. The molecule has 1 aliphatic carbocycles. The Balaban J connectivity index is 1.66. The Kier molecular flexibility index (Phi) is 5.02. The Hall–Kier alpha value is -2.54. The first kappa shape index (κ1) is 19.8. The van der Waals surface area contributed by atoms with Crippen LogP contribution in [0.25, 0.3) is 0 Å². The number of carbonyl (C=O) groups is 1. The Morgan fingerprint density at radius 1 is 1.14 bits per heavy atom. The lowest BCUT2D eigenvalue weighted by atomic mass is 9.69. The van der Waals surface area contributed by atoms with Crippen LogP contribution in [0.5, 0.6) is 11.5 Å². The van der Waals surface area contributed by atoms with Crippen molar-refractivity contribution >= 4 is 5.78 Å². The molecule has 29 heavy (non-hydrogen) atoms. The van der Waals surface area contributed by atoms with Crippen LogP contribution in [0.4, 0.5) is 13.2 Å². The van der Waals surface area contributed by atoms with Gasteiger partial charge in [-0.3, -0.25) is 4.79 Å². The summed E-state index contributed by atoms with van der Waals surface area (Å²) < 4.78 is 41.8. The highest BCUT2D eigenvalue weighted by atomic mass is 19.4. The number of ether oxygens (including phenoxy) is 1. The van der Waals surface area contributed by atoms with Crippen LogP contribution in [0.2, 0.25) is 0 Å².